The molecule has 0 aliphatic rings. The molecule has 0 saturated heterocycles. The SMILES string of the molecule is CCCCCCCCC/C=C\CCCCCCCCCC(=O)OCCCCCCCCCCCCCCCCCCCCCC(=O)NC(CO)C(O)CCCCCCCCCCCCCCCCCCCCCCCC. The van der Waals surface area contributed by atoms with Crippen LogP contribution < -0.4 is 5.32 Å². The first-order chi connectivity index (χ1) is 37.5. The Labute approximate surface area is 476 Å². The first-order valence-corrected chi connectivity index (χ1v) is 34.9. The van der Waals surface area contributed by atoms with E-state index in [1.165, 1.54) is 321 Å². The maximum absolute atomic E-state index is 12.5. The van der Waals surface area contributed by atoms with E-state index in [0.29, 0.717) is 25.9 Å². The predicted molar refractivity (Wildman–Crippen MR) is 333 cm³/mol. The highest BCUT2D eigenvalue weighted by atomic mass is 16.5. The van der Waals surface area contributed by atoms with Crippen molar-refractivity contribution in [3.8, 4) is 0 Å². The van der Waals surface area contributed by atoms with Gasteiger partial charge in [0.2, 0.25) is 5.91 Å². The largest absolute Gasteiger partial charge is 0.466 e. The van der Waals surface area contributed by atoms with Gasteiger partial charge in [0.15, 0.2) is 0 Å². The Morgan fingerprint density at radius 1 is 0.355 bits per heavy atom. The molecule has 0 aliphatic heterocycles. The molecule has 2 atom stereocenters. The van der Waals surface area contributed by atoms with E-state index in [9.17, 15) is 19.8 Å². The van der Waals surface area contributed by atoms with Gasteiger partial charge < -0.3 is 20.3 Å². The van der Waals surface area contributed by atoms with Gasteiger partial charge in [-0.25, -0.2) is 0 Å². The van der Waals surface area contributed by atoms with E-state index in [2.05, 4.69) is 31.3 Å². The molecule has 0 rings (SSSR count). The minimum Gasteiger partial charge on any atom is -0.466 e. The molecule has 0 saturated carbocycles. The summed E-state index contributed by atoms with van der Waals surface area (Å²) in [5.41, 5.74) is 0. The van der Waals surface area contributed by atoms with Crippen molar-refractivity contribution in [2.75, 3.05) is 13.2 Å². The van der Waals surface area contributed by atoms with Crippen molar-refractivity contribution < 1.29 is 24.5 Å². The molecule has 0 spiro atoms. The van der Waals surface area contributed by atoms with E-state index < -0.39 is 12.1 Å². The number of rotatable bonds is 66. The first kappa shape index (κ1) is 74.6. The number of allylic oxidation sites excluding steroid dienone is 2. The van der Waals surface area contributed by atoms with Crippen molar-refractivity contribution in [1.29, 1.82) is 0 Å². The zero-order chi connectivity index (χ0) is 55.0. The smallest absolute Gasteiger partial charge is 0.305 e. The second kappa shape index (κ2) is 66.1. The fourth-order valence-corrected chi connectivity index (χ4v) is 11.2. The van der Waals surface area contributed by atoms with Crippen molar-refractivity contribution in [3.05, 3.63) is 12.2 Å². The number of aliphatic hydroxyl groups excluding tert-OH is 2. The van der Waals surface area contributed by atoms with Crippen molar-refractivity contribution in [2.45, 2.75) is 411 Å². The molecular formula is C70H137NO5. The van der Waals surface area contributed by atoms with Crippen molar-refractivity contribution in [1.82, 2.24) is 5.32 Å². The Kier molecular flexibility index (Phi) is 64.9. The van der Waals surface area contributed by atoms with Crippen LogP contribution in [0.5, 0.6) is 0 Å². The van der Waals surface area contributed by atoms with Crippen LogP contribution in [0, 0.1) is 0 Å². The van der Waals surface area contributed by atoms with E-state index >= 15 is 0 Å². The standard InChI is InChI=1S/C70H137NO5/c1-3-5-7-9-11-13-15-17-19-21-23-24-25-27-30-34-38-42-46-50-54-58-62-68(73)67(66-72)71-69(74)63-59-55-51-47-43-39-35-31-28-26-29-33-37-41-45-49-53-57-61-65-76-70(75)64-60-56-52-48-44-40-36-32-22-20-18-16-14-12-10-8-6-4-2/h20,22,67-68,72-73H,3-19,21,23-66H2,1-2H3,(H,71,74)/b22-20-. The molecule has 0 radical (unpaired) electrons. The molecule has 0 fully saturated rings. The zero-order valence-electron chi connectivity index (χ0n) is 51.8. The lowest BCUT2D eigenvalue weighted by molar-refractivity contribution is -0.143. The molecule has 452 valence electrons. The fraction of sp³-hybridized carbons (Fsp3) is 0.943. The maximum atomic E-state index is 12.5. The number of nitrogens with one attached hydrogen (secondary N) is 1. The molecule has 1 amide bonds. The van der Waals surface area contributed by atoms with E-state index in [-0.39, 0.29) is 18.5 Å². The Morgan fingerprint density at radius 3 is 0.934 bits per heavy atom. The zero-order valence-corrected chi connectivity index (χ0v) is 51.8. The van der Waals surface area contributed by atoms with Gasteiger partial charge in [0.25, 0.3) is 0 Å². The van der Waals surface area contributed by atoms with Crippen LogP contribution in [0.3, 0.4) is 0 Å². The second-order valence-corrected chi connectivity index (χ2v) is 24.2. The monoisotopic (exact) mass is 1070 g/mol. The van der Waals surface area contributed by atoms with Gasteiger partial charge in [0, 0.05) is 12.8 Å². The molecule has 3 N–H and O–H groups in total. The molecule has 6 heteroatoms. The van der Waals surface area contributed by atoms with Crippen LogP contribution in [0.4, 0.5) is 0 Å². The van der Waals surface area contributed by atoms with Crippen molar-refractivity contribution in [2.24, 2.45) is 0 Å². The number of aliphatic hydroxyl groups is 2. The van der Waals surface area contributed by atoms with E-state index in [1.807, 2.05) is 0 Å². The molecule has 0 aromatic heterocycles. The first-order valence-electron chi connectivity index (χ1n) is 34.9. The Bertz CT molecular complexity index is 1140. The minimum atomic E-state index is -0.667. The highest BCUT2D eigenvalue weighted by molar-refractivity contribution is 5.76. The van der Waals surface area contributed by atoms with Gasteiger partial charge in [0.05, 0.1) is 25.4 Å². The summed E-state index contributed by atoms with van der Waals surface area (Å²) >= 11 is 0. The van der Waals surface area contributed by atoms with Crippen LogP contribution in [-0.4, -0.2) is 47.4 Å². The predicted octanol–water partition coefficient (Wildman–Crippen LogP) is 22.4. The summed E-state index contributed by atoms with van der Waals surface area (Å²) < 4.78 is 5.50. The van der Waals surface area contributed by atoms with Gasteiger partial charge in [-0.1, -0.05) is 347 Å². The van der Waals surface area contributed by atoms with Gasteiger partial charge in [-0.05, 0) is 51.4 Å². The Morgan fingerprint density at radius 2 is 0.618 bits per heavy atom. The average Bonchev–Trinajstić information content (AvgIpc) is 3.42. The van der Waals surface area contributed by atoms with E-state index in [0.717, 1.165) is 44.9 Å². The highest BCUT2D eigenvalue weighted by Gasteiger charge is 2.20. The van der Waals surface area contributed by atoms with Crippen molar-refractivity contribution >= 4 is 11.9 Å². The molecule has 0 aromatic rings. The van der Waals surface area contributed by atoms with Crippen molar-refractivity contribution in [3.63, 3.8) is 0 Å². The Hall–Kier alpha value is -1.40. The topological polar surface area (TPSA) is 95.9 Å². The fourth-order valence-electron chi connectivity index (χ4n) is 11.2. The van der Waals surface area contributed by atoms with Crippen LogP contribution >= 0.6 is 0 Å². The number of unbranched alkanes of at least 4 members (excludes halogenated alkanes) is 53. The van der Waals surface area contributed by atoms with Crippen LogP contribution in [0.2, 0.25) is 0 Å². The number of ether oxygens (including phenoxy) is 1. The molecule has 6 nitrogen and oxygen atoms in total. The summed E-state index contributed by atoms with van der Waals surface area (Å²) in [6.45, 7) is 4.99. The summed E-state index contributed by atoms with van der Waals surface area (Å²) in [7, 11) is 0. The lowest BCUT2D eigenvalue weighted by Crippen LogP contribution is -2.45. The third-order valence-electron chi connectivity index (χ3n) is 16.6. The molecular weight excluding hydrogens is 935 g/mol. The lowest BCUT2D eigenvalue weighted by atomic mass is 10.0. The number of hydrogen-bond donors (Lipinski definition) is 3. The molecule has 2 unspecified atom stereocenters. The summed E-state index contributed by atoms with van der Waals surface area (Å²) in [4.78, 5) is 24.7. The quantitative estimate of drug-likeness (QED) is 0.0320. The van der Waals surface area contributed by atoms with Gasteiger partial charge in [-0.3, -0.25) is 9.59 Å². The van der Waals surface area contributed by atoms with Crippen LogP contribution in [0.25, 0.3) is 0 Å². The van der Waals surface area contributed by atoms with E-state index in [1.54, 1.807) is 0 Å². The molecule has 0 heterocycles. The number of carbonyl (C=O) groups excluding carboxylic acids is 2. The minimum absolute atomic E-state index is 0.00762. The third kappa shape index (κ3) is 61.8. The van der Waals surface area contributed by atoms with Gasteiger partial charge in [-0.2, -0.15) is 0 Å². The number of hydrogen-bond acceptors (Lipinski definition) is 5. The molecule has 0 aliphatic carbocycles. The number of amides is 1. The van der Waals surface area contributed by atoms with Gasteiger partial charge in [-0.15, -0.1) is 0 Å². The van der Waals surface area contributed by atoms with Gasteiger partial charge in [0.1, 0.15) is 0 Å². The molecule has 76 heavy (non-hydrogen) atoms. The molecule has 0 bridgehead atoms. The van der Waals surface area contributed by atoms with Crippen LogP contribution in [0.1, 0.15) is 399 Å². The normalized spacial score (nSPS) is 12.5. The highest BCUT2D eigenvalue weighted by Crippen LogP contribution is 2.19. The average molecular weight is 1070 g/mol. The van der Waals surface area contributed by atoms with Crippen LogP contribution in [-0.2, 0) is 14.3 Å². The van der Waals surface area contributed by atoms with Crippen LogP contribution in [0.15, 0.2) is 12.2 Å². The Balaban J connectivity index is 3.38. The third-order valence-corrected chi connectivity index (χ3v) is 16.6. The van der Waals surface area contributed by atoms with Gasteiger partial charge >= 0.3 is 5.97 Å². The number of esters is 1. The summed E-state index contributed by atoms with van der Waals surface area (Å²) in [5, 5.41) is 23.4. The summed E-state index contributed by atoms with van der Waals surface area (Å²) in [6.07, 6.45) is 81.0. The summed E-state index contributed by atoms with van der Waals surface area (Å²) in [6, 6.07) is -0.544. The van der Waals surface area contributed by atoms with E-state index in [4.69, 9.17) is 4.74 Å². The molecule has 0 aromatic carbocycles. The maximum Gasteiger partial charge on any atom is 0.305 e. The lowest BCUT2D eigenvalue weighted by Gasteiger charge is -2.22. The number of carbonyl (C=O) groups is 2. The second-order valence-electron chi connectivity index (χ2n) is 24.2. The summed E-state index contributed by atoms with van der Waals surface area (Å²) in [5.74, 6) is -0.0253.